The fourth-order valence-electron chi connectivity index (χ4n) is 4.39. The Morgan fingerprint density at radius 2 is 1.26 bits per heavy atom. The van der Waals surface area contributed by atoms with Gasteiger partial charge in [-0.05, 0) is 29.1 Å². The molecule has 1 aliphatic rings. The Kier molecular flexibility index (Phi) is 9.93. The zero-order valence-electron chi connectivity index (χ0n) is 22.3. The Morgan fingerprint density at radius 3 is 1.74 bits per heavy atom. The van der Waals surface area contributed by atoms with Crippen molar-refractivity contribution in [1.82, 2.24) is 9.80 Å². The normalized spacial score (nSPS) is 13.2. The van der Waals surface area contributed by atoms with Gasteiger partial charge in [0.05, 0.1) is 28.4 Å². The number of hydrogen-bond donors (Lipinski definition) is 2. The monoisotopic (exact) mass is 540 g/mol. The number of piperazine rings is 1. The molecule has 39 heavy (non-hydrogen) atoms. The highest BCUT2D eigenvalue weighted by Gasteiger charge is 2.25. The zero-order chi connectivity index (χ0) is 28.5. The molecule has 1 fully saturated rings. The molecule has 0 atom stereocenters. The first-order valence-corrected chi connectivity index (χ1v) is 12.1. The van der Waals surface area contributed by atoms with E-state index < -0.39 is 11.9 Å². The van der Waals surface area contributed by atoms with Crippen LogP contribution in [0.5, 0.6) is 23.0 Å². The van der Waals surface area contributed by atoms with Crippen LogP contribution in [0.3, 0.4) is 0 Å². The summed E-state index contributed by atoms with van der Waals surface area (Å²) in [6, 6.07) is 15.9. The van der Waals surface area contributed by atoms with Gasteiger partial charge in [-0.1, -0.05) is 30.3 Å². The van der Waals surface area contributed by atoms with Gasteiger partial charge in [-0.3, -0.25) is 9.69 Å². The number of methoxy groups -OCH3 is 4. The first-order valence-electron chi connectivity index (χ1n) is 12.1. The van der Waals surface area contributed by atoms with Gasteiger partial charge in [-0.25, -0.2) is 9.59 Å². The molecule has 208 valence electrons. The molecule has 3 aromatic rings. The van der Waals surface area contributed by atoms with Crippen LogP contribution in [-0.4, -0.2) is 92.5 Å². The highest BCUT2D eigenvalue weighted by molar-refractivity contribution is 6.27. The van der Waals surface area contributed by atoms with Crippen molar-refractivity contribution >= 4 is 28.6 Å². The number of carboxylic acid groups (broad SMARTS) is 2. The van der Waals surface area contributed by atoms with Crippen LogP contribution < -0.4 is 18.9 Å². The number of benzene rings is 3. The van der Waals surface area contributed by atoms with E-state index in [0.717, 1.165) is 30.8 Å². The minimum absolute atomic E-state index is 0.0381. The lowest BCUT2D eigenvalue weighted by molar-refractivity contribution is -0.159. The Hall–Kier alpha value is -4.51. The number of carboxylic acids is 2. The first kappa shape index (κ1) is 29.1. The van der Waals surface area contributed by atoms with Crippen LogP contribution in [0.1, 0.15) is 15.9 Å². The Morgan fingerprint density at radius 1 is 0.718 bits per heavy atom. The average molecular weight is 541 g/mol. The summed E-state index contributed by atoms with van der Waals surface area (Å²) in [6.07, 6.45) is 0. The van der Waals surface area contributed by atoms with E-state index in [9.17, 15) is 4.79 Å². The Bertz CT molecular complexity index is 1300. The number of rotatable bonds is 7. The lowest BCUT2D eigenvalue weighted by Crippen LogP contribution is -2.48. The fraction of sp³-hybridized carbons (Fsp3) is 0.321. The van der Waals surface area contributed by atoms with Crippen LogP contribution >= 0.6 is 0 Å². The van der Waals surface area contributed by atoms with E-state index >= 15 is 0 Å². The number of hydrogen-bond acceptors (Lipinski definition) is 8. The third kappa shape index (κ3) is 6.88. The van der Waals surface area contributed by atoms with Gasteiger partial charge >= 0.3 is 11.9 Å². The number of nitrogens with zero attached hydrogens (tertiary/aromatic N) is 2. The van der Waals surface area contributed by atoms with E-state index in [4.69, 9.17) is 38.7 Å². The van der Waals surface area contributed by atoms with E-state index in [0.29, 0.717) is 35.9 Å². The minimum Gasteiger partial charge on any atom is -0.496 e. The fourth-order valence-corrected chi connectivity index (χ4v) is 4.39. The van der Waals surface area contributed by atoms with Crippen molar-refractivity contribution in [3.8, 4) is 23.0 Å². The van der Waals surface area contributed by atoms with Crippen LogP contribution in [-0.2, 0) is 16.1 Å². The van der Waals surface area contributed by atoms with Gasteiger partial charge in [-0.2, -0.15) is 0 Å². The average Bonchev–Trinajstić information content (AvgIpc) is 2.96. The molecule has 1 amide bonds. The zero-order valence-corrected chi connectivity index (χ0v) is 22.3. The van der Waals surface area contributed by atoms with Crippen molar-refractivity contribution < 1.29 is 43.5 Å². The van der Waals surface area contributed by atoms with Crippen LogP contribution in [0.25, 0.3) is 10.8 Å². The number of carbonyl (C=O) groups is 3. The van der Waals surface area contributed by atoms with Gasteiger partial charge in [0, 0.05) is 43.7 Å². The van der Waals surface area contributed by atoms with Crippen LogP contribution in [0, 0.1) is 0 Å². The van der Waals surface area contributed by atoms with Gasteiger partial charge < -0.3 is 34.1 Å². The first-order chi connectivity index (χ1) is 18.7. The summed E-state index contributed by atoms with van der Waals surface area (Å²) in [5.74, 6) is -1.37. The largest absolute Gasteiger partial charge is 0.496 e. The summed E-state index contributed by atoms with van der Waals surface area (Å²) in [6.45, 7) is 3.75. The van der Waals surface area contributed by atoms with Crippen molar-refractivity contribution in [1.29, 1.82) is 0 Å². The van der Waals surface area contributed by atoms with Gasteiger partial charge in [0.25, 0.3) is 5.91 Å². The maximum absolute atomic E-state index is 13.2. The number of amides is 1. The lowest BCUT2D eigenvalue weighted by atomic mass is 10.0. The summed E-state index contributed by atoms with van der Waals surface area (Å²) in [5, 5.41) is 17.1. The quantitative estimate of drug-likeness (QED) is 0.431. The molecule has 1 heterocycles. The molecule has 1 aliphatic heterocycles. The van der Waals surface area contributed by atoms with E-state index in [2.05, 4.69) is 29.2 Å². The molecule has 3 aromatic carbocycles. The second-order valence-corrected chi connectivity index (χ2v) is 8.57. The summed E-state index contributed by atoms with van der Waals surface area (Å²) >= 11 is 0. The van der Waals surface area contributed by atoms with Crippen molar-refractivity contribution in [2.75, 3.05) is 54.6 Å². The number of aliphatic carboxylic acids is 2. The second-order valence-electron chi connectivity index (χ2n) is 8.57. The SMILES string of the molecule is COc1cc(C(=O)N2CCN(Cc3ccc(OC)c4ccccc34)CC2)cc(OC)c1OC.O=C(O)C(=O)O. The van der Waals surface area contributed by atoms with Crippen LogP contribution in [0.15, 0.2) is 48.5 Å². The highest BCUT2D eigenvalue weighted by Crippen LogP contribution is 2.38. The summed E-state index contributed by atoms with van der Waals surface area (Å²) < 4.78 is 21.7. The van der Waals surface area contributed by atoms with Crippen molar-refractivity contribution in [2.24, 2.45) is 0 Å². The maximum atomic E-state index is 13.2. The topological polar surface area (TPSA) is 135 Å². The maximum Gasteiger partial charge on any atom is 0.414 e. The standard InChI is InChI=1S/C26H30N2O5.C2H2O4/c1-30-22-10-9-18(20-7-5-6-8-21(20)22)17-27-11-13-28(14-12-27)26(29)19-15-23(31-2)25(33-4)24(16-19)32-3;3-1(4)2(5)6/h5-10,15-16H,11-14,17H2,1-4H3;(H,3,4)(H,5,6). The third-order valence-electron chi connectivity index (χ3n) is 6.34. The van der Waals surface area contributed by atoms with Gasteiger partial charge in [0.1, 0.15) is 5.75 Å². The molecule has 1 saturated heterocycles. The summed E-state index contributed by atoms with van der Waals surface area (Å²) in [4.78, 5) is 35.6. The molecule has 0 radical (unpaired) electrons. The molecule has 0 aliphatic carbocycles. The molecule has 2 N–H and O–H groups in total. The Labute approximate surface area is 226 Å². The van der Waals surface area contributed by atoms with Gasteiger partial charge in [0.2, 0.25) is 5.75 Å². The number of ether oxygens (including phenoxy) is 4. The molecule has 0 bridgehead atoms. The predicted molar refractivity (Wildman–Crippen MR) is 143 cm³/mol. The molecular formula is C28H32N2O9. The third-order valence-corrected chi connectivity index (χ3v) is 6.34. The van der Waals surface area contributed by atoms with Gasteiger partial charge in [-0.15, -0.1) is 0 Å². The molecule has 0 spiro atoms. The lowest BCUT2D eigenvalue weighted by Gasteiger charge is -2.35. The van der Waals surface area contributed by atoms with E-state index in [1.54, 1.807) is 40.6 Å². The van der Waals surface area contributed by atoms with Crippen molar-refractivity contribution in [2.45, 2.75) is 6.54 Å². The molecule has 0 aromatic heterocycles. The molecule has 11 nitrogen and oxygen atoms in total. The van der Waals surface area contributed by atoms with Crippen molar-refractivity contribution in [3.63, 3.8) is 0 Å². The number of carbonyl (C=O) groups excluding carboxylic acids is 1. The molecule has 11 heteroatoms. The minimum atomic E-state index is -1.82. The van der Waals surface area contributed by atoms with Gasteiger partial charge in [0.15, 0.2) is 11.5 Å². The number of fused-ring (bicyclic) bond motifs is 1. The van der Waals surface area contributed by atoms with E-state index in [1.807, 2.05) is 17.0 Å². The van der Waals surface area contributed by atoms with Crippen molar-refractivity contribution in [3.05, 3.63) is 59.7 Å². The highest BCUT2D eigenvalue weighted by atomic mass is 16.5. The van der Waals surface area contributed by atoms with Crippen LogP contribution in [0.4, 0.5) is 0 Å². The van der Waals surface area contributed by atoms with Crippen LogP contribution in [0.2, 0.25) is 0 Å². The smallest absolute Gasteiger partial charge is 0.414 e. The predicted octanol–water partition coefficient (Wildman–Crippen LogP) is 2.99. The molecule has 4 rings (SSSR count). The molecule has 0 saturated carbocycles. The summed E-state index contributed by atoms with van der Waals surface area (Å²) in [5.41, 5.74) is 1.79. The Balaban J connectivity index is 0.000000631. The second kappa shape index (κ2) is 13.3. The van der Waals surface area contributed by atoms with E-state index in [1.165, 1.54) is 10.9 Å². The summed E-state index contributed by atoms with van der Waals surface area (Å²) in [7, 11) is 6.35. The molecule has 0 unspecified atom stereocenters. The molecular weight excluding hydrogens is 508 g/mol. The van der Waals surface area contributed by atoms with E-state index in [-0.39, 0.29) is 5.91 Å².